The topological polar surface area (TPSA) is 191 Å². The molecule has 2 aliphatic heterocycles. The van der Waals surface area contributed by atoms with Crippen LogP contribution in [-0.4, -0.2) is 124 Å². The van der Waals surface area contributed by atoms with E-state index in [1.54, 1.807) is 31.2 Å². The second-order valence-electron chi connectivity index (χ2n) is 18.5. The van der Waals surface area contributed by atoms with Gasteiger partial charge in [-0.2, -0.15) is 13.2 Å². The standard InChI is InChI=1S/C54H58ClF3N6O9S3/c1-3-64-36(2)50(53(68)73-34-49(66)67)51(52(64)37-12-14-39(55)15-13-37)38-8-7-9-43(32-38)63-30-28-62(29-31-63)42-18-16-40(17-19-42)60-76(71,72)46-20-21-47(48(33-46)75(69,70)54(56,57)58)59-41(35-74-45-10-5-4-6-11-45)22-25-61-26-23-44(65)24-27-61/h4-21,32-33,41,44,59-60,65H,3,22-31,34-35H2,1-2H3,(H,66,67)/t41-/m1/s1. The fourth-order valence-electron chi connectivity index (χ4n) is 9.55. The molecule has 15 nitrogen and oxygen atoms in total. The van der Waals surface area contributed by atoms with Crippen molar-refractivity contribution in [2.75, 3.05) is 78.0 Å². The lowest BCUT2D eigenvalue weighted by molar-refractivity contribution is -0.140. The molecule has 1 aromatic heterocycles. The van der Waals surface area contributed by atoms with E-state index in [0.29, 0.717) is 99.7 Å². The summed E-state index contributed by atoms with van der Waals surface area (Å²) in [6, 6.07) is 32.9. The van der Waals surface area contributed by atoms with Crippen molar-refractivity contribution in [3.63, 3.8) is 0 Å². The monoisotopic (exact) mass is 1120 g/mol. The average molecular weight is 1120 g/mol. The first-order valence-electron chi connectivity index (χ1n) is 24.6. The summed E-state index contributed by atoms with van der Waals surface area (Å²) in [7, 11) is -10.7. The SMILES string of the molecule is CCn1c(C)c(C(=O)OCC(=O)O)c(-c2cccc(N3CCN(c4ccc(NS(=O)(=O)c5ccc(N[C@H](CCN6CCC(O)CC6)CSc6ccccc6)c(S(=O)(=O)C(F)(F)F)c5)cc4)CC3)c2)c1-c1ccc(Cl)cc1. The Morgan fingerprint density at radius 2 is 1.47 bits per heavy atom. The summed E-state index contributed by atoms with van der Waals surface area (Å²) in [5, 5.41) is 22.9. The highest BCUT2D eigenvalue weighted by Crippen LogP contribution is 2.42. The van der Waals surface area contributed by atoms with Gasteiger partial charge in [0, 0.05) is 102 Å². The molecule has 4 N–H and O–H groups in total. The number of hydrogen-bond acceptors (Lipinski definition) is 13. The molecule has 76 heavy (non-hydrogen) atoms. The van der Waals surface area contributed by atoms with Gasteiger partial charge < -0.3 is 39.5 Å². The summed E-state index contributed by atoms with van der Waals surface area (Å²) < 4.78 is 107. The number of alkyl halides is 3. The molecule has 8 rings (SSSR count). The predicted molar refractivity (Wildman–Crippen MR) is 291 cm³/mol. The summed E-state index contributed by atoms with van der Waals surface area (Å²) in [6.07, 6.45) is 1.20. The summed E-state index contributed by atoms with van der Waals surface area (Å²) in [4.78, 5) is 30.5. The molecule has 404 valence electrons. The minimum atomic E-state index is -6.04. The zero-order valence-electron chi connectivity index (χ0n) is 41.7. The third-order valence-corrected chi connectivity index (χ3v) is 17.8. The Bertz CT molecular complexity index is 3240. The lowest BCUT2D eigenvalue weighted by Crippen LogP contribution is -2.46. The summed E-state index contributed by atoms with van der Waals surface area (Å²) >= 11 is 7.70. The van der Waals surface area contributed by atoms with Gasteiger partial charge in [0.1, 0.15) is 4.90 Å². The van der Waals surface area contributed by atoms with Crippen LogP contribution in [0.5, 0.6) is 0 Å². The van der Waals surface area contributed by atoms with Crippen LogP contribution in [0.2, 0.25) is 5.02 Å². The van der Waals surface area contributed by atoms with Crippen molar-refractivity contribution in [3.05, 3.63) is 138 Å². The largest absolute Gasteiger partial charge is 0.501 e. The molecule has 2 aliphatic rings. The number of halogens is 4. The Morgan fingerprint density at radius 3 is 2.11 bits per heavy atom. The van der Waals surface area contributed by atoms with Crippen LogP contribution in [0, 0.1) is 6.92 Å². The first-order valence-corrected chi connectivity index (χ1v) is 29.0. The Kier molecular flexibility index (Phi) is 17.7. The summed E-state index contributed by atoms with van der Waals surface area (Å²) in [6.45, 7) is 7.55. The van der Waals surface area contributed by atoms with E-state index in [-0.39, 0.29) is 16.9 Å². The molecule has 0 saturated carbocycles. The molecule has 2 saturated heterocycles. The number of sulfonamides is 1. The molecule has 0 amide bonds. The van der Waals surface area contributed by atoms with Crippen molar-refractivity contribution in [1.29, 1.82) is 0 Å². The number of carboxylic acids is 1. The van der Waals surface area contributed by atoms with Gasteiger partial charge >= 0.3 is 17.4 Å². The number of anilines is 4. The number of ether oxygens (including phenoxy) is 1. The van der Waals surface area contributed by atoms with Crippen molar-refractivity contribution in [3.8, 4) is 22.4 Å². The lowest BCUT2D eigenvalue weighted by atomic mass is 9.96. The van der Waals surface area contributed by atoms with Crippen LogP contribution >= 0.6 is 23.4 Å². The van der Waals surface area contributed by atoms with Crippen molar-refractivity contribution in [2.45, 2.75) is 72.0 Å². The number of aliphatic carboxylic acids is 1. The number of piperidine rings is 1. The maximum atomic E-state index is 14.3. The zero-order chi connectivity index (χ0) is 54.4. The van der Waals surface area contributed by atoms with E-state index in [1.165, 1.54) is 23.9 Å². The van der Waals surface area contributed by atoms with Crippen LogP contribution in [-0.2, 0) is 35.9 Å². The van der Waals surface area contributed by atoms with E-state index in [9.17, 15) is 49.8 Å². The number of likely N-dealkylation sites (tertiary alicyclic amines) is 1. The number of nitrogens with one attached hydrogen (secondary N) is 2. The Morgan fingerprint density at radius 1 is 0.816 bits per heavy atom. The quantitative estimate of drug-likeness (QED) is 0.0417. The molecule has 1 atom stereocenters. The lowest BCUT2D eigenvalue weighted by Gasteiger charge is -2.37. The number of hydrogen-bond donors (Lipinski definition) is 4. The first-order chi connectivity index (χ1) is 36.2. The molecule has 5 aromatic carbocycles. The Balaban J connectivity index is 0.973. The van der Waals surface area contributed by atoms with Gasteiger partial charge in [0.2, 0.25) is 0 Å². The number of aliphatic hydroxyl groups excluding tert-OH is 1. The zero-order valence-corrected chi connectivity index (χ0v) is 44.9. The van der Waals surface area contributed by atoms with Crippen LogP contribution in [0.4, 0.5) is 35.9 Å². The van der Waals surface area contributed by atoms with E-state index < -0.39 is 65.9 Å². The number of carboxylic acid groups (broad SMARTS) is 1. The van der Waals surface area contributed by atoms with Gasteiger partial charge in [-0.25, -0.2) is 26.4 Å². The third kappa shape index (κ3) is 13.1. The first kappa shape index (κ1) is 56.0. The number of sulfone groups is 1. The summed E-state index contributed by atoms with van der Waals surface area (Å²) in [5.41, 5.74) is -0.632. The van der Waals surface area contributed by atoms with Gasteiger partial charge in [0.05, 0.1) is 27.9 Å². The van der Waals surface area contributed by atoms with E-state index in [0.717, 1.165) is 45.2 Å². The highest BCUT2D eigenvalue weighted by Gasteiger charge is 2.48. The minimum absolute atomic E-state index is 0.0983. The number of rotatable bonds is 20. The Labute approximate surface area is 449 Å². The normalized spacial score (nSPS) is 15.4. The van der Waals surface area contributed by atoms with E-state index in [2.05, 4.69) is 24.7 Å². The molecule has 22 heteroatoms. The molecular weight excluding hydrogens is 1070 g/mol. The molecule has 0 radical (unpaired) electrons. The summed E-state index contributed by atoms with van der Waals surface area (Å²) in [5.74, 6) is -1.68. The third-order valence-electron chi connectivity index (χ3n) is 13.5. The van der Waals surface area contributed by atoms with Crippen LogP contribution < -0.4 is 19.8 Å². The van der Waals surface area contributed by atoms with E-state index in [4.69, 9.17) is 16.3 Å². The van der Waals surface area contributed by atoms with Crippen molar-refractivity contribution in [1.82, 2.24) is 9.47 Å². The smallest absolute Gasteiger partial charge is 0.479 e. The van der Waals surface area contributed by atoms with Crippen molar-refractivity contribution < 1.29 is 54.5 Å². The van der Waals surface area contributed by atoms with Gasteiger partial charge in [-0.15, -0.1) is 11.8 Å². The molecule has 6 aromatic rings. The fraction of sp³-hybridized carbons (Fsp3) is 0.333. The van der Waals surface area contributed by atoms with Crippen molar-refractivity contribution >= 4 is 77.9 Å². The second-order valence-corrected chi connectivity index (χ2v) is 23.6. The highest BCUT2D eigenvalue weighted by molar-refractivity contribution is 7.99. The van der Waals surface area contributed by atoms with E-state index >= 15 is 0 Å². The van der Waals surface area contributed by atoms with Crippen molar-refractivity contribution in [2.24, 2.45) is 0 Å². The van der Waals surface area contributed by atoms with Crippen LogP contribution in [0.3, 0.4) is 0 Å². The number of carbonyl (C=O) groups excluding carboxylic acids is 1. The van der Waals surface area contributed by atoms with Gasteiger partial charge in [-0.05, 0) is 123 Å². The number of esters is 1. The number of benzene rings is 5. The number of thioether (sulfide) groups is 1. The molecule has 3 heterocycles. The predicted octanol–water partition coefficient (Wildman–Crippen LogP) is 9.89. The highest BCUT2D eigenvalue weighted by atomic mass is 35.5. The Hall–Kier alpha value is -6.23. The van der Waals surface area contributed by atoms with Gasteiger partial charge in [0.15, 0.2) is 6.61 Å². The van der Waals surface area contributed by atoms with Gasteiger partial charge in [-0.3, -0.25) is 4.72 Å². The maximum Gasteiger partial charge on any atom is 0.501 e. The minimum Gasteiger partial charge on any atom is -0.479 e. The number of aliphatic hydroxyl groups is 1. The number of piperazine rings is 1. The number of carbonyl (C=O) groups is 2. The van der Waals surface area contributed by atoms with Gasteiger partial charge in [0.25, 0.3) is 19.9 Å². The molecular formula is C54H58ClF3N6O9S3. The molecule has 2 fully saturated rings. The second kappa shape index (κ2) is 24.0. The van der Waals surface area contributed by atoms with E-state index in [1.807, 2.05) is 78.2 Å². The van der Waals surface area contributed by atoms with Crippen LogP contribution in [0.25, 0.3) is 22.4 Å². The molecule has 0 unspecified atom stereocenters. The molecule has 0 aliphatic carbocycles. The fourth-order valence-corrected chi connectivity index (χ4v) is 12.8. The molecule has 0 spiro atoms. The van der Waals surface area contributed by atoms with Gasteiger partial charge in [-0.1, -0.05) is 54.1 Å². The molecule has 0 bridgehead atoms. The van der Waals surface area contributed by atoms with Crippen LogP contribution in [0.15, 0.2) is 136 Å². The average Bonchev–Trinajstić information content (AvgIpc) is 3.73. The number of nitrogens with zero attached hydrogens (tertiary/aromatic N) is 4. The number of aromatic nitrogens is 1. The van der Waals surface area contributed by atoms with Crippen LogP contribution in [0.1, 0.15) is 42.2 Å². The maximum absolute atomic E-state index is 14.3.